The molecule has 0 bridgehead atoms. The highest BCUT2D eigenvalue weighted by atomic mass is 35.5. The van der Waals surface area contributed by atoms with E-state index in [1.165, 1.54) is 7.05 Å². The number of aromatic amines is 1. The molecule has 0 aliphatic rings. The topological polar surface area (TPSA) is 93.2 Å². The molecule has 0 atom stereocenters. The first kappa shape index (κ1) is 14.3. The minimum atomic E-state index is -0.825. The third kappa shape index (κ3) is 3.36. The van der Waals surface area contributed by atoms with Gasteiger partial charge in [-0.15, -0.1) is 0 Å². The normalized spacial score (nSPS) is 11.2. The molecule has 0 unspecified atom stereocenters. The summed E-state index contributed by atoms with van der Waals surface area (Å²) in [5, 5.41) is 1.96. The van der Waals surface area contributed by atoms with Crippen LogP contribution in [-0.2, 0) is 11.8 Å². The molecule has 0 aliphatic carbocycles. The van der Waals surface area contributed by atoms with Gasteiger partial charge in [-0.1, -0.05) is 11.6 Å². The van der Waals surface area contributed by atoms with E-state index in [0.717, 1.165) is 4.57 Å². The molecule has 0 aliphatic heterocycles. The van der Waals surface area contributed by atoms with Gasteiger partial charge in [-0.05, 0) is 20.8 Å². The first-order chi connectivity index (χ1) is 8.11. The van der Waals surface area contributed by atoms with E-state index in [-0.39, 0.29) is 10.8 Å². The fourth-order valence-electron chi connectivity index (χ4n) is 1.11. The first-order valence-electron chi connectivity index (χ1n) is 5.10. The quantitative estimate of drug-likeness (QED) is 0.750. The molecule has 0 saturated heterocycles. The number of nitrogens with one attached hydrogen (secondary N) is 2. The third-order valence-electron chi connectivity index (χ3n) is 1.89. The molecule has 1 heterocycles. The second kappa shape index (κ2) is 4.85. The van der Waals surface area contributed by atoms with Gasteiger partial charge in [-0.2, -0.15) is 0 Å². The Morgan fingerprint density at radius 1 is 1.39 bits per heavy atom. The monoisotopic (exact) mass is 275 g/mol. The fraction of sp³-hybridized carbons (Fsp3) is 0.500. The summed E-state index contributed by atoms with van der Waals surface area (Å²) < 4.78 is 5.76. The maximum atomic E-state index is 11.7. The summed E-state index contributed by atoms with van der Waals surface area (Å²) in [6.07, 6.45) is -0.825. The van der Waals surface area contributed by atoms with Crippen LogP contribution in [-0.4, -0.2) is 21.2 Å². The number of nitrogens with zero attached hydrogens (tertiary/aromatic N) is 1. The van der Waals surface area contributed by atoms with Crippen molar-refractivity contribution in [2.75, 3.05) is 5.32 Å². The zero-order valence-corrected chi connectivity index (χ0v) is 11.2. The van der Waals surface area contributed by atoms with E-state index in [1.807, 2.05) is 0 Å². The lowest BCUT2D eigenvalue weighted by Crippen LogP contribution is -2.36. The smallest absolute Gasteiger partial charge is 0.412 e. The number of anilines is 1. The Hall–Kier alpha value is -1.76. The summed E-state index contributed by atoms with van der Waals surface area (Å²) >= 11 is 5.68. The van der Waals surface area contributed by atoms with Crippen LogP contribution in [0.15, 0.2) is 9.59 Å². The lowest BCUT2D eigenvalue weighted by atomic mass is 10.2. The van der Waals surface area contributed by atoms with Crippen molar-refractivity contribution in [3.05, 3.63) is 26.0 Å². The Labute approximate surface area is 108 Å². The molecule has 100 valence electrons. The van der Waals surface area contributed by atoms with Crippen molar-refractivity contribution in [3.8, 4) is 0 Å². The number of rotatable bonds is 1. The van der Waals surface area contributed by atoms with Crippen LogP contribution < -0.4 is 16.6 Å². The van der Waals surface area contributed by atoms with E-state index >= 15 is 0 Å². The van der Waals surface area contributed by atoms with E-state index in [9.17, 15) is 14.4 Å². The van der Waals surface area contributed by atoms with Gasteiger partial charge in [-0.25, -0.2) is 9.59 Å². The molecule has 0 saturated carbocycles. The number of carbonyl (C=O) groups excluding carboxylic acids is 1. The van der Waals surface area contributed by atoms with Gasteiger partial charge >= 0.3 is 11.8 Å². The summed E-state index contributed by atoms with van der Waals surface area (Å²) in [7, 11) is 1.26. The van der Waals surface area contributed by atoms with E-state index < -0.39 is 22.9 Å². The van der Waals surface area contributed by atoms with Gasteiger partial charge in [0.2, 0.25) is 0 Å². The van der Waals surface area contributed by atoms with Gasteiger partial charge in [0.15, 0.2) is 0 Å². The molecule has 0 fully saturated rings. The van der Waals surface area contributed by atoms with Crippen LogP contribution in [0.2, 0.25) is 5.15 Å². The number of amides is 1. The summed E-state index contributed by atoms with van der Waals surface area (Å²) in [5.74, 6) is 0. The second-order valence-electron chi connectivity index (χ2n) is 4.61. The standard InChI is InChI=1S/C10H14ClN3O4/c1-10(2,3)18-9(17)12-5-6(11)13-8(16)14(4)7(5)15/h1-4H3,(H,12,17)(H,13,16). The SMILES string of the molecule is Cn1c(=O)[nH]c(Cl)c(NC(=O)OC(C)(C)C)c1=O. The highest BCUT2D eigenvalue weighted by Gasteiger charge is 2.19. The van der Waals surface area contributed by atoms with Gasteiger partial charge < -0.3 is 4.74 Å². The molecule has 0 spiro atoms. The van der Waals surface area contributed by atoms with Crippen LogP contribution >= 0.6 is 11.6 Å². The summed E-state index contributed by atoms with van der Waals surface area (Å²) in [5.41, 5.74) is -2.31. The minimum Gasteiger partial charge on any atom is -0.444 e. The predicted molar refractivity (Wildman–Crippen MR) is 67.2 cm³/mol. The van der Waals surface area contributed by atoms with Crippen molar-refractivity contribution < 1.29 is 9.53 Å². The number of aromatic nitrogens is 2. The van der Waals surface area contributed by atoms with Crippen molar-refractivity contribution >= 4 is 23.4 Å². The number of ether oxygens (including phenoxy) is 1. The maximum absolute atomic E-state index is 11.7. The van der Waals surface area contributed by atoms with Crippen molar-refractivity contribution in [1.29, 1.82) is 0 Å². The van der Waals surface area contributed by atoms with E-state index in [2.05, 4.69) is 10.3 Å². The number of carbonyl (C=O) groups is 1. The van der Waals surface area contributed by atoms with Gasteiger partial charge in [0.1, 0.15) is 16.4 Å². The van der Waals surface area contributed by atoms with Crippen LogP contribution in [0, 0.1) is 0 Å². The first-order valence-corrected chi connectivity index (χ1v) is 5.48. The molecule has 8 heteroatoms. The van der Waals surface area contributed by atoms with E-state index in [0.29, 0.717) is 0 Å². The Kier molecular flexibility index (Phi) is 3.85. The van der Waals surface area contributed by atoms with Gasteiger partial charge in [0, 0.05) is 7.05 Å². The third-order valence-corrected chi connectivity index (χ3v) is 2.17. The van der Waals surface area contributed by atoms with Gasteiger partial charge in [-0.3, -0.25) is 19.7 Å². The average Bonchev–Trinajstić information content (AvgIpc) is 2.19. The Balaban J connectivity index is 3.07. The largest absolute Gasteiger partial charge is 0.444 e. The molecule has 0 radical (unpaired) electrons. The molecule has 1 amide bonds. The number of hydrogen-bond donors (Lipinski definition) is 2. The summed E-state index contributed by atoms with van der Waals surface area (Å²) in [6.45, 7) is 5.04. The van der Waals surface area contributed by atoms with Gasteiger partial charge in [0.05, 0.1) is 0 Å². The number of halogens is 1. The Morgan fingerprint density at radius 3 is 2.44 bits per heavy atom. The highest BCUT2D eigenvalue weighted by Crippen LogP contribution is 2.14. The number of hydrogen-bond acceptors (Lipinski definition) is 4. The summed E-state index contributed by atoms with van der Waals surface area (Å²) in [6, 6.07) is 0. The molecule has 7 nitrogen and oxygen atoms in total. The molecular weight excluding hydrogens is 262 g/mol. The van der Waals surface area contributed by atoms with Crippen molar-refractivity contribution in [2.24, 2.45) is 7.05 Å². The molecule has 18 heavy (non-hydrogen) atoms. The zero-order chi connectivity index (χ0) is 14.1. The average molecular weight is 276 g/mol. The van der Waals surface area contributed by atoms with Crippen LogP contribution in [0.4, 0.5) is 10.5 Å². The molecule has 0 aromatic carbocycles. The second-order valence-corrected chi connectivity index (χ2v) is 4.99. The van der Waals surface area contributed by atoms with E-state index in [1.54, 1.807) is 20.8 Å². The molecular formula is C10H14ClN3O4. The van der Waals surface area contributed by atoms with Crippen molar-refractivity contribution in [1.82, 2.24) is 9.55 Å². The minimum absolute atomic E-state index is 0.229. The molecule has 1 aromatic heterocycles. The Morgan fingerprint density at radius 2 is 1.94 bits per heavy atom. The van der Waals surface area contributed by atoms with Crippen LogP contribution in [0.1, 0.15) is 20.8 Å². The zero-order valence-electron chi connectivity index (χ0n) is 10.5. The van der Waals surface area contributed by atoms with Crippen LogP contribution in [0.5, 0.6) is 0 Å². The fourth-order valence-corrected chi connectivity index (χ4v) is 1.32. The summed E-state index contributed by atoms with van der Waals surface area (Å²) in [4.78, 5) is 36.6. The molecule has 1 aromatic rings. The van der Waals surface area contributed by atoms with E-state index in [4.69, 9.17) is 16.3 Å². The molecule has 1 rings (SSSR count). The number of H-pyrrole nitrogens is 1. The van der Waals surface area contributed by atoms with Crippen LogP contribution in [0.25, 0.3) is 0 Å². The van der Waals surface area contributed by atoms with Gasteiger partial charge in [0.25, 0.3) is 5.56 Å². The lowest BCUT2D eigenvalue weighted by molar-refractivity contribution is 0.0635. The maximum Gasteiger partial charge on any atom is 0.412 e. The van der Waals surface area contributed by atoms with Crippen molar-refractivity contribution in [3.63, 3.8) is 0 Å². The predicted octanol–water partition coefficient (Wildman–Crippen LogP) is 1.07. The highest BCUT2D eigenvalue weighted by molar-refractivity contribution is 6.32. The van der Waals surface area contributed by atoms with Crippen molar-refractivity contribution in [2.45, 2.75) is 26.4 Å². The molecule has 2 N–H and O–H groups in total. The lowest BCUT2D eigenvalue weighted by Gasteiger charge is -2.19. The van der Waals surface area contributed by atoms with Crippen LogP contribution in [0.3, 0.4) is 0 Å². The Bertz CT molecular complexity index is 582.